The van der Waals surface area contributed by atoms with Gasteiger partial charge in [-0.05, 0) is 0 Å². The van der Waals surface area contributed by atoms with Gasteiger partial charge < -0.3 is 0 Å². The quantitative estimate of drug-likeness (QED) is 0.0994. The van der Waals surface area contributed by atoms with E-state index >= 15 is 0 Å². The zero-order valence-corrected chi connectivity index (χ0v) is 37.3. The van der Waals surface area contributed by atoms with Gasteiger partial charge in [0.2, 0.25) is 0 Å². The van der Waals surface area contributed by atoms with Crippen LogP contribution in [0.15, 0.2) is 0 Å². The molecule has 0 aliphatic heterocycles. The van der Waals surface area contributed by atoms with E-state index in [1.54, 1.807) is 0 Å². The summed E-state index contributed by atoms with van der Waals surface area (Å²) in [6.07, 6.45) is 3.30. The Labute approximate surface area is 287 Å². The molecule has 13 heteroatoms. The van der Waals surface area contributed by atoms with Crippen molar-refractivity contribution < 1.29 is 59.2 Å². The second-order valence-corrected chi connectivity index (χ2v) is 27.9. The molecule has 0 aliphatic carbocycles. The third-order valence-corrected chi connectivity index (χ3v) is 20.9. The molecule has 0 bridgehead atoms. The Morgan fingerprint density at radius 2 is 0.578 bits per heavy atom. The Balaban J connectivity index is 7.88. The van der Waals surface area contributed by atoms with E-state index in [4.69, 9.17) is 37.2 Å². The molecule has 0 fully saturated rings. The molecule has 0 radical (unpaired) electrons. The van der Waals surface area contributed by atoms with Crippen LogP contribution in [-0.4, -0.2) is 64.9 Å². The van der Waals surface area contributed by atoms with Gasteiger partial charge in [-0.1, -0.05) is 0 Å². The zero-order chi connectivity index (χ0) is 35.8. The summed E-state index contributed by atoms with van der Waals surface area (Å²) in [5, 5.41) is 0. The molecular formula is C32H72O10Si2Zr. The molecule has 0 aliphatic rings. The van der Waals surface area contributed by atoms with Crippen molar-refractivity contribution >= 4 is 18.1 Å². The van der Waals surface area contributed by atoms with Gasteiger partial charge in [-0.25, -0.2) is 0 Å². The van der Waals surface area contributed by atoms with Crippen molar-refractivity contribution in [2.45, 2.75) is 198 Å². The Kier molecular flexibility index (Phi) is 17.6. The molecule has 0 amide bonds. The maximum absolute atomic E-state index is 7.16. The Morgan fingerprint density at radius 1 is 0.378 bits per heavy atom. The van der Waals surface area contributed by atoms with Crippen LogP contribution in [0.25, 0.3) is 0 Å². The summed E-state index contributed by atoms with van der Waals surface area (Å²) >= 11 is -5.45. The summed E-state index contributed by atoms with van der Waals surface area (Å²) in [7, 11) is -8.32. The van der Waals surface area contributed by atoms with Gasteiger partial charge in [-0.15, -0.1) is 0 Å². The molecule has 0 rings (SSSR count). The van der Waals surface area contributed by atoms with Crippen LogP contribution in [0.5, 0.6) is 0 Å². The van der Waals surface area contributed by atoms with Crippen LogP contribution in [-0.2, 0) is 59.2 Å². The molecule has 0 N–H and O–H groups in total. The predicted molar refractivity (Wildman–Crippen MR) is 180 cm³/mol. The normalized spacial score (nSPS) is 15.2. The fraction of sp³-hybridized carbons (Fsp3) is 1.00. The van der Waals surface area contributed by atoms with Crippen LogP contribution in [0.2, 0.25) is 0 Å². The number of rotatable bonds is 18. The van der Waals surface area contributed by atoms with E-state index in [0.29, 0.717) is 13.2 Å². The van der Waals surface area contributed by atoms with Crippen molar-refractivity contribution in [3.05, 3.63) is 0 Å². The van der Waals surface area contributed by atoms with Gasteiger partial charge in [0.05, 0.1) is 0 Å². The van der Waals surface area contributed by atoms with Crippen molar-refractivity contribution in [1.82, 2.24) is 0 Å². The maximum atomic E-state index is 7.16. The van der Waals surface area contributed by atoms with Gasteiger partial charge in [0.1, 0.15) is 0 Å². The van der Waals surface area contributed by atoms with E-state index in [9.17, 15) is 0 Å². The summed E-state index contributed by atoms with van der Waals surface area (Å²) < 4.78 is 68.3. The van der Waals surface area contributed by atoms with Crippen molar-refractivity contribution in [3.8, 4) is 0 Å². The summed E-state index contributed by atoms with van der Waals surface area (Å²) in [6, 6.07) is 0. The average molecular weight is 764 g/mol. The minimum atomic E-state index is -5.45. The van der Waals surface area contributed by atoms with E-state index in [-0.39, 0.29) is 0 Å². The first-order chi connectivity index (χ1) is 19.8. The van der Waals surface area contributed by atoms with Crippen molar-refractivity contribution in [3.63, 3.8) is 0 Å². The van der Waals surface area contributed by atoms with E-state index in [1.807, 2.05) is 125 Å². The number of hydrogen-bond acceptors (Lipinski definition) is 10. The summed E-state index contributed by atoms with van der Waals surface area (Å²) in [5.41, 5.74) is -4.29. The first-order valence-corrected chi connectivity index (χ1v) is 23.9. The third kappa shape index (κ3) is 22.3. The number of unbranched alkanes of at least 4 members (excludes halogenated alkanes) is 2. The molecular weight excluding hydrogens is 692 g/mol. The topological polar surface area (TPSA) is 92.3 Å². The van der Waals surface area contributed by atoms with Gasteiger partial charge in [-0.3, -0.25) is 0 Å². The molecule has 0 aromatic carbocycles. The van der Waals surface area contributed by atoms with Crippen molar-refractivity contribution in [1.29, 1.82) is 0 Å². The van der Waals surface area contributed by atoms with E-state index in [0.717, 1.165) is 25.7 Å². The fourth-order valence-corrected chi connectivity index (χ4v) is 20.8. The second kappa shape index (κ2) is 17.2. The molecule has 0 saturated heterocycles. The third-order valence-electron chi connectivity index (χ3n) is 4.64. The van der Waals surface area contributed by atoms with Gasteiger partial charge in [0.25, 0.3) is 0 Å². The molecule has 0 saturated carbocycles. The van der Waals surface area contributed by atoms with E-state index < -0.39 is 73.7 Å². The van der Waals surface area contributed by atoms with Gasteiger partial charge in [0, 0.05) is 0 Å². The van der Waals surface area contributed by atoms with Crippen LogP contribution in [0.1, 0.15) is 164 Å². The Bertz CT molecular complexity index is 695. The van der Waals surface area contributed by atoms with Gasteiger partial charge in [-0.2, -0.15) is 0 Å². The first-order valence-electron chi connectivity index (χ1n) is 16.7. The summed E-state index contributed by atoms with van der Waals surface area (Å²) in [6.45, 7) is 39.8. The molecule has 0 atom stereocenters. The van der Waals surface area contributed by atoms with Crippen LogP contribution in [0.3, 0.4) is 0 Å². The Morgan fingerprint density at radius 3 is 0.733 bits per heavy atom. The molecule has 0 heterocycles. The van der Waals surface area contributed by atoms with Crippen LogP contribution < -0.4 is 0 Å². The van der Waals surface area contributed by atoms with Gasteiger partial charge in [0.15, 0.2) is 0 Å². The molecule has 0 unspecified atom stereocenters. The first kappa shape index (κ1) is 45.9. The predicted octanol–water partition coefficient (Wildman–Crippen LogP) is 9.23. The average Bonchev–Trinajstić information content (AvgIpc) is 2.65. The molecule has 0 spiro atoms. The standard InChI is InChI=1S/2C12H27O4Si.2C4H9O.Zr/c2*1-10(2,3)14-17(13,15-11(4,5)6)16-12(7,8)9;2*1-2-3-4-5;/h2*1-9H3;2*2-4H2,1H3;/q4*-1;+4. The van der Waals surface area contributed by atoms with Crippen LogP contribution >= 0.6 is 0 Å². The minimum absolute atomic E-state index is 0.328. The monoisotopic (exact) mass is 762 g/mol. The molecule has 0 aromatic rings. The van der Waals surface area contributed by atoms with Crippen LogP contribution in [0, 0.1) is 0 Å². The van der Waals surface area contributed by atoms with Crippen LogP contribution in [0.4, 0.5) is 0 Å². The Hall–Kier alpha value is 0.917. The SMILES string of the molecule is CCCC[O][Zr]([O]CCCC)([O][Si](OC(C)(C)C)(OC(C)(C)C)OC(C)(C)C)[O][Si](OC(C)(C)C)(OC(C)(C)C)OC(C)(C)C. The van der Waals surface area contributed by atoms with E-state index in [1.165, 1.54) is 0 Å². The molecule has 45 heavy (non-hydrogen) atoms. The van der Waals surface area contributed by atoms with Crippen molar-refractivity contribution in [2.24, 2.45) is 0 Å². The molecule has 0 aromatic heterocycles. The summed E-state index contributed by atoms with van der Waals surface area (Å²) in [5.74, 6) is 0. The summed E-state index contributed by atoms with van der Waals surface area (Å²) in [4.78, 5) is 0. The molecule has 10 nitrogen and oxygen atoms in total. The fourth-order valence-electron chi connectivity index (χ4n) is 3.67. The van der Waals surface area contributed by atoms with Crippen molar-refractivity contribution in [2.75, 3.05) is 13.2 Å². The van der Waals surface area contributed by atoms with E-state index in [2.05, 4.69) is 13.8 Å². The second-order valence-electron chi connectivity index (χ2n) is 17.4. The van der Waals surface area contributed by atoms with Gasteiger partial charge >= 0.3 is 288 Å². The number of hydrogen-bond donors (Lipinski definition) is 0. The molecule has 272 valence electrons. The zero-order valence-electron chi connectivity index (χ0n) is 32.8.